The van der Waals surface area contributed by atoms with Gasteiger partial charge in [-0.3, -0.25) is 0 Å². The van der Waals surface area contributed by atoms with Gasteiger partial charge in [0.15, 0.2) is 0 Å². The first-order valence-electron chi connectivity index (χ1n) is 11.8. The number of ether oxygens (including phenoxy) is 3. The molecule has 0 unspecified atom stereocenters. The number of para-hydroxylation sites is 1. The second-order valence-corrected chi connectivity index (χ2v) is 11.7. The SMILES string of the molecule is COC(=O)[C@@H]1C[C@]2([Se]c3ccccc3)c3ccccc3N(C(=O)OCc3ccccc3)[C@@H]2N1C(=O)OC. The molecule has 2 amide bonds. The van der Waals surface area contributed by atoms with Crippen LogP contribution in [0.3, 0.4) is 0 Å². The van der Waals surface area contributed by atoms with Crippen LogP contribution in [0, 0.1) is 0 Å². The number of hydrogen-bond acceptors (Lipinski definition) is 6. The first kappa shape index (κ1) is 24.9. The van der Waals surface area contributed by atoms with E-state index in [-0.39, 0.29) is 28.0 Å². The van der Waals surface area contributed by atoms with Crippen LogP contribution in [0.5, 0.6) is 0 Å². The Hall–Kier alpha value is -3.81. The third-order valence-corrected chi connectivity index (χ3v) is 9.76. The molecule has 0 saturated carbocycles. The van der Waals surface area contributed by atoms with Gasteiger partial charge in [-0.2, -0.15) is 0 Å². The summed E-state index contributed by atoms with van der Waals surface area (Å²) in [5, 5.41) is 0. The Morgan fingerprint density at radius 3 is 2.19 bits per heavy atom. The predicted octanol–water partition coefficient (Wildman–Crippen LogP) is 3.41. The quantitative estimate of drug-likeness (QED) is 0.268. The number of benzene rings is 3. The van der Waals surface area contributed by atoms with E-state index in [0.717, 1.165) is 15.6 Å². The number of carbonyl (C=O) groups excluding carboxylic acids is 3. The fourth-order valence-corrected chi connectivity index (χ4v) is 8.42. The minimum absolute atomic E-state index is 0.0700. The van der Waals surface area contributed by atoms with E-state index in [1.54, 1.807) is 0 Å². The summed E-state index contributed by atoms with van der Waals surface area (Å²) in [7, 11) is 2.56. The zero-order valence-electron chi connectivity index (χ0n) is 20.4. The van der Waals surface area contributed by atoms with E-state index in [1.165, 1.54) is 24.0 Å². The maximum absolute atomic E-state index is 13.7. The molecule has 3 atom stereocenters. The molecule has 0 aromatic heterocycles. The van der Waals surface area contributed by atoms with Gasteiger partial charge in [0.05, 0.1) is 0 Å². The number of methoxy groups -OCH3 is 2. The number of carbonyl (C=O) groups is 3. The van der Waals surface area contributed by atoms with Gasteiger partial charge in [0.2, 0.25) is 0 Å². The molecule has 3 aromatic rings. The number of rotatable bonds is 5. The summed E-state index contributed by atoms with van der Waals surface area (Å²) in [6, 6.07) is 25.9. The van der Waals surface area contributed by atoms with Crippen molar-refractivity contribution in [1.82, 2.24) is 4.90 Å². The van der Waals surface area contributed by atoms with Crippen LogP contribution in [0.25, 0.3) is 0 Å². The molecule has 2 aliphatic rings. The Labute approximate surface area is 221 Å². The van der Waals surface area contributed by atoms with Gasteiger partial charge in [-0.1, -0.05) is 0 Å². The number of hydrogen-bond donors (Lipinski definition) is 0. The fourth-order valence-electron chi connectivity index (χ4n) is 5.14. The third-order valence-electron chi connectivity index (χ3n) is 6.68. The molecule has 2 aliphatic heterocycles. The van der Waals surface area contributed by atoms with Crippen LogP contribution in [0.4, 0.5) is 15.3 Å². The van der Waals surface area contributed by atoms with E-state index >= 15 is 0 Å². The summed E-state index contributed by atoms with van der Waals surface area (Å²) in [4.78, 5) is 42.8. The van der Waals surface area contributed by atoms with Crippen LogP contribution >= 0.6 is 0 Å². The van der Waals surface area contributed by atoms with Crippen LogP contribution in [-0.2, 0) is 29.9 Å². The van der Waals surface area contributed by atoms with Gasteiger partial charge in [0.25, 0.3) is 0 Å². The van der Waals surface area contributed by atoms with Gasteiger partial charge in [0.1, 0.15) is 0 Å². The van der Waals surface area contributed by atoms with E-state index in [0.29, 0.717) is 5.69 Å². The van der Waals surface area contributed by atoms with Crippen LogP contribution < -0.4 is 9.36 Å². The molecule has 190 valence electrons. The Kier molecular flexibility index (Phi) is 6.91. The molecule has 1 fully saturated rings. The average Bonchev–Trinajstić information content (AvgIpc) is 3.41. The van der Waals surface area contributed by atoms with E-state index in [2.05, 4.69) is 0 Å². The van der Waals surface area contributed by atoms with Crippen LogP contribution in [0.15, 0.2) is 84.9 Å². The van der Waals surface area contributed by atoms with E-state index in [9.17, 15) is 14.4 Å². The topological polar surface area (TPSA) is 85.4 Å². The van der Waals surface area contributed by atoms with E-state index in [1.807, 2.05) is 84.9 Å². The Bertz CT molecular complexity index is 1300. The molecule has 0 radical (unpaired) electrons. The third kappa shape index (κ3) is 4.34. The van der Waals surface area contributed by atoms with Gasteiger partial charge in [0, 0.05) is 0 Å². The molecule has 0 spiro atoms. The summed E-state index contributed by atoms with van der Waals surface area (Å²) < 4.78 is 16.3. The van der Waals surface area contributed by atoms with Crippen molar-refractivity contribution in [1.29, 1.82) is 0 Å². The first-order valence-corrected chi connectivity index (χ1v) is 13.5. The van der Waals surface area contributed by atoms with Crippen LogP contribution in [0.1, 0.15) is 17.5 Å². The Morgan fingerprint density at radius 1 is 0.865 bits per heavy atom. The number of anilines is 1. The summed E-state index contributed by atoms with van der Waals surface area (Å²) in [5.41, 5.74) is 2.38. The molecular formula is C28H26N2O6Se. The van der Waals surface area contributed by atoms with Crippen LogP contribution in [0.2, 0.25) is 0 Å². The average molecular weight is 565 g/mol. The second kappa shape index (κ2) is 10.3. The molecular weight excluding hydrogens is 539 g/mol. The van der Waals surface area contributed by atoms with Crippen molar-refractivity contribution in [3.8, 4) is 0 Å². The molecule has 0 N–H and O–H groups in total. The number of amides is 2. The van der Waals surface area contributed by atoms with E-state index in [4.69, 9.17) is 14.2 Å². The van der Waals surface area contributed by atoms with Crippen molar-refractivity contribution in [2.75, 3.05) is 19.1 Å². The van der Waals surface area contributed by atoms with Gasteiger partial charge >= 0.3 is 221 Å². The predicted molar refractivity (Wildman–Crippen MR) is 138 cm³/mol. The normalized spacial score (nSPS) is 21.7. The molecule has 3 aromatic carbocycles. The zero-order chi connectivity index (χ0) is 26.0. The van der Waals surface area contributed by atoms with Crippen molar-refractivity contribution < 1.29 is 28.6 Å². The number of nitrogens with zero attached hydrogens (tertiary/aromatic N) is 2. The van der Waals surface area contributed by atoms with Gasteiger partial charge < -0.3 is 0 Å². The van der Waals surface area contributed by atoms with Crippen molar-refractivity contribution in [2.45, 2.75) is 29.5 Å². The van der Waals surface area contributed by atoms with E-state index < -0.39 is 34.7 Å². The Balaban J connectivity index is 1.63. The number of fused-ring (bicyclic) bond motifs is 3. The summed E-state index contributed by atoms with van der Waals surface area (Å²) >= 11 is -0.279. The van der Waals surface area contributed by atoms with Crippen LogP contribution in [-0.4, -0.2) is 64.4 Å². The Morgan fingerprint density at radius 2 is 1.51 bits per heavy atom. The number of likely N-dealkylation sites (tertiary alicyclic amines) is 1. The fraction of sp³-hybridized carbons (Fsp3) is 0.250. The van der Waals surface area contributed by atoms with Gasteiger partial charge in [-0.05, 0) is 0 Å². The molecule has 0 bridgehead atoms. The molecule has 2 heterocycles. The molecule has 1 saturated heterocycles. The molecule has 0 aliphatic carbocycles. The molecule has 37 heavy (non-hydrogen) atoms. The van der Waals surface area contributed by atoms with Crippen molar-refractivity contribution in [3.63, 3.8) is 0 Å². The molecule has 8 nitrogen and oxygen atoms in total. The van der Waals surface area contributed by atoms with Gasteiger partial charge in [-0.25, -0.2) is 0 Å². The minimum atomic E-state index is -0.925. The summed E-state index contributed by atoms with van der Waals surface area (Å²) in [6.07, 6.45) is -1.86. The zero-order valence-corrected chi connectivity index (χ0v) is 22.1. The van der Waals surface area contributed by atoms with Crippen molar-refractivity contribution >= 4 is 43.3 Å². The second-order valence-electron chi connectivity index (χ2n) is 8.73. The monoisotopic (exact) mass is 566 g/mol. The van der Waals surface area contributed by atoms with Gasteiger partial charge in [-0.15, -0.1) is 0 Å². The van der Waals surface area contributed by atoms with Crippen molar-refractivity contribution in [3.05, 3.63) is 96.1 Å². The summed E-state index contributed by atoms with van der Waals surface area (Å²) in [5.74, 6) is -0.557. The first-order chi connectivity index (χ1) is 18.0. The maximum atomic E-state index is 13.7. The summed E-state index contributed by atoms with van der Waals surface area (Å²) in [6.45, 7) is 0.0700. The molecule has 5 rings (SSSR count). The standard InChI is InChI=1S/C28H26N2O6Se/c1-34-24(31)23-17-28(37-20-13-7-4-8-14-20)21-15-9-10-16-22(21)29(25(28)30(23)26(32)35-2)27(33)36-18-19-11-5-3-6-12-19/h3-16,23,25H,17-18H2,1-2H3/t23-,25+,28-/m0/s1. The molecule has 9 heteroatoms. The number of esters is 1. The van der Waals surface area contributed by atoms with Crippen molar-refractivity contribution in [2.24, 2.45) is 0 Å².